The minimum absolute atomic E-state index is 0.0193. The number of hydrogen-bond donors (Lipinski definition) is 9. The second kappa shape index (κ2) is 15.0. The number of rotatable bonds is 12. The van der Waals surface area contributed by atoms with Crippen molar-refractivity contribution in [3.63, 3.8) is 0 Å². The molecule has 2 heterocycles. The summed E-state index contributed by atoms with van der Waals surface area (Å²) in [6, 6.07) is 9.53. The summed E-state index contributed by atoms with van der Waals surface area (Å²) in [5, 5.41) is 90.4. The number of phenolic OH excluding ortho intramolecular Hbond substituents is 1. The third-order valence-electron chi connectivity index (χ3n) is 8.45. The molecular weight excluding hydrogens is 628 g/mol. The molecule has 47 heavy (non-hydrogen) atoms. The number of carbonyl (C=O) groups is 2. The van der Waals surface area contributed by atoms with Crippen molar-refractivity contribution >= 4 is 11.9 Å². The number of benzene rings is 2. The van der Waals surface area contributed by atoms with Crippen molar-refractivity contribution < 1.29 is 79.2 Å². The average Bonchev–Trinajstić information content (AvgIpc) is 3.02. The number of aliphatic hydroxyl groups excluding tert-OH is 6. The number of methoxy groups -OCH3 is 1. The summed E-state index contributed by atoms with van der Waals surface area (Å²) in [6.07, 6.45) is -18.3. The highest BCUT2D eigenvalue weighted by atomic mass is 16.7. The molecule has 2 fully saturated rings. The molecule has 0 aromatic heterocycles. The smallest absolute Gasteiger partial charge is 0.335 e. The summed E-state index contributed by atoms with van der Waals surface area (Å²) in [6.45, 7) is 4.03. The third-order valence-corrected chi connectivity index (χ3v) is 8.45. The standard InChI is InChI=1S/C31H40O16/c1-12(8-14-4-6-16(32)18(10-14)43-3)13(2)9-15-5-7-17(44-30-24(37)20(33)22(35)26(46-30)28(39)40)19(11-15)45-31-25(38)21(34)23(36)27(47-31)29(41)42/h4-7,10-13,20-27,30-38H,8-9H2,1-3H3,(H,39,40)(H,41,42)/t12-,13+,20-,21-,22-,23-,24+,25+,26-,27-,30+,31+/m0/s1. The van der Waals surface area contributed by atoms with E-state index in [9.17, 15) is 55.5 Å². The number of carboxylic acid groups (broad SMARTS) is 2. The monoisotopic (exact) mass is 668 g/mol. The van der Waals surface area contributed by atoms with Crippen LogP contribution in [0.2, 0.25) is 0 Å². The molecule has 0 radical (unpaired) electrons. The SMILES string of the molecule is COc1cc(C[C@H](C)[C@H](C)Cc2ccc(O[C@@H]3O[C@H](C(=O)O)[C@@H](O)[C@H](O)[C@H]3O)c(O[C@@H]3O[C@H](C(=O)O)[C@@H](O)[C@H](O)[C@H]3O)c2)ccc1O. The number of carboxylic acids is 2. The molecule has 0 saturated carbocycles. The van der Waals surface area contributed by atoms with Crippen LogP contribution in [0, 0.1) is 11.8 Å². The van der Waals surface area contributed by atoms with Gasteiger partial charge in [-0.2, -0.15) is 0 Å². The molecule has 0 aliphatic carbocycles. The van der Waals surface area contributed by atoms with Gasteiger partial charge in [0, 0.05) is 0 Å². The van der Waals surface area contributed by atoms with Crippen LogP contribution in [0.3, 0.4) is 0 Å². The van der Waals surface area contributed by atoms with Gasteiger partial charge in [0.2, 0.25) is 12.6 Å². The van der Waals surface area contributed by atoms with Gasteiger partial charge >= 0.3 is 11.9 Å². The van der Waals surface area contributed by atoms with Gasteiger partial charge in [-0.15, -0.1) is 0 Å². The van der Waals surface area contributed by atoms with Crippen molar-refractivity contribution in [2.24, 2.45) is 11.8 Å². The second-order valence-electron chi connectivity index (χ2n) is 11.9. The fourth-order valence-corrected chi connectivity index (χ4v) is 5.41. The van der Waals surface area contributed by atoms with Gasteiger partial charge in [0.25, 0.3) is 0 Å². The van der Waals surface area contributed by atoms with Crippen molar-refractivity contribution in [2.45, 2.75) is 88.1 Å². The fourth-order valence-electron chi connectivity index (χ4n) is 5.41. The van der Waals surface area contributed by atoms with Crippen LogP contribution < -0.4 is 14.2 Å². The van der Waals surface area contributed by atoms with Gasteiger partial charge in [0.15, 0.2) is 35.2 Å². The summed E-state index contributed by atoms with van der Waals surface area (Å²) in [5.74, 6) is -3.21. The minimum atomic E-state index is -1.98. The molecule has 2 aromatic rings. The van der Waals surface area contributed by atoms with Crippen LogP contribution in [-0.4, -0.2) is 126 Å². The van der Waals surface area contributed by atoms with Crippen LogP contribution in [0.5, 0.6) is 23.0 Å². The molecule has 2 aromatic carbocycles. The molecule has 2 aliphatic rings. The molecule has 260 valence electrons. The first kappa shape index (κ1) is 36.1. The third kappa shape index (κ3) is 8.05. The van der Waals surface area contributed by atoms with Crippen LogP contribution in [-0.2, 0) is 31.9 Å². The quantitative estimate of drug-likeness (QED) is 0.131. The molecular formula is C31H40O16. The summed E-state index contributed by atoms with van der Waals surface area (Å²) in [4.78, 5) is 23.2. The molecule has 2 aliphatic heterocycles. The Kier molecular flexibility index (Phi) is 11.5. The first-order valence-electron chi connectivity index (χ1n) is 14.8. The van der Waals surface area contributed by atoms with E-state index in [-0.39, 0.29) is 29.1 Å². The van der Waals surface area contributed by atoms with Gasteiger partial charge in [0.05, 0.1) is 7.11 Å². The first-order valence-corrected chi connectivity index (χ1v) is 14.8. The topological polar surface area (TPSA) is 262 Å². The second-order valence-corrected chi connectivity index (χ2v) is 11.9. The normalized spacial score (nSPS) is 32.2. The number of phenols is 1. The summed E-state index contributed by atoms with van der Waals surface area (Å²) in [5.41, 5.74) is 1.58. The van der Waals surface area contributed by atoms with Crippen molar-refractivity contribution in [1.29, 1.82) is 0 Å². The van der Waals surface area contributed by atoms with E-state index in [0.717, 1.165) is 5.56 Å². The summed E-state index contributed by atoms with van der Waals surface area (Å²) >= 11 is 0. The van der Waals surface area contributed by atoms with Gasteiger partial charge < -0.3 is 69.6 Å². The molecule has 0 bridgehead atoms. The van der Waals surface area contributed by atoms with E-state index in [0.29, 0.717) is 24.2 Å². The molecule has 9 N–H and O–H groups in total. The molecule has 16 nitrogen and oxygen atoms in total. The number of hydrogen-bond acceptors (Lipinski definition) is 14. The lowest BCUT2D eigenvalue weighted by Gasteiger charge is -2.40. The van der Waals surface area contributed by atoms with E-state index in [1.54, 1.807) is 24.3 Å². The van der Waals surface area contributed by atoms with Crippen LogP contribution >= 0.6 is 0 Å². The Hall–Kier alpha value is -3.74. The molecule has 0 unspecified atom stereocenters. The number of aliphatic carboxylic acids is 2. The maximum atomic E-state index is 11.6. The Morgan fingerprint density at radius 1 is 0.660 bits per heavy atom. The van der Waals surface area contributed by atoms with Gasteiger partial charge in [-0.3, -0.25) is 0 Å². The minimum Gasteiger partial charge on any atom is -0.504 e. The van der Waals surface area contributed by atoms with Crippen LogP contribution in [0.4, 0.5) is 0 Å². The molecule has 0 spiro atoms. The van der Waals surface area contributed by atoms with E-state index in [4.69, 9.17) is 23.7 Å². The van der Waals surface area contributed by atoms with Gasteiger partial charge in [0.1, 0.15) is 36.6 Å². The highest BCUT2D eigenvalue weighted by Gasteiger charge is 2.50. The van der Waals surface area contributed by atoms with Gasteiger partial charge in [-0.05, 0) is 60.1 Å². The molecule has 0 amide bonds. The van der Waals surface area contributed by atoms with Gasteiger partial charge in [-0.1, -0.05) is 26.0 Å². The molecule has 12 atom stereocenters. The Bertz CT molecular complexity index is 1400. The van der Waals surface area contributed by atoms with E-state index in [1.165, 1.54) is 19.2 Å². The first-order chi connectivity index (χ1) is 22.1. The van der Waals surface area contributed by atoms with Crippen molar-refractivity contribution in [3.8, 4) is 23.0 Å². The highest BCUT2D eigenvalue weighted by molar-refractivity contribution is 5.74. The van der Waals surface area contributed by atoms with E-state index in [1.807, 2.05) is 13.8 Å². The zero-order chi connectivity index (χ0) is 34.7. The van der Waals surface area contributed by atoms with E-state index in [2.05, 4.69) is 0 Å². The van der Waals surface area contributed by atoms with Crippen molar-refractivity contribution in [2.75, 3.05) is 7.11 Å². The van der Waals surface area contributed by atoms with Gasteiger partial charge in [-0.25, -0.2) is 9.59 Å². The number of aromatic hydroxyl groups is 1. The predicted octanol–water partition coefficient (Wildman–Crippen LogP) is -1.000. The fraction of sp³-hybridized carbons (Fsp3) is 0.548. The largest absolute Gasteiger partial charge is 0.504 e. The lowest BCUT2D eigenvalue weighted by Crippen LogP contribution is -2.61. The zero-order valence-corrected chi connectivity index (χ0v) is 25.7. The Balaban J connectivity index is 1.61. The van der Waals surface area contributed by atoms with Crippen molar-refractivity contribution in [3.05, 3.63) is 47.5 Å². The van der Waals surface area contributed by atoms with Crippen LogP contribution in [0.25, 0.3) is 0 Å². The summed E-state index contributed by atoms with van der Waals surface area (Å²) < 4.78 is 27.1. The van der Waals surface area contributed by atoms with Crippen molar-refractivity contribution in [1.82, 2.24) is 0 Å². The highest BCUT2D eigenvalue weighted by Crippen LogP contribution is 2.36. The molecule has 16 heteroatoms. The summed E-state index contributed by atoms with van der Waals surface area (Å²) in [7, 11) is 1.46. The molecule has 2 saturated heterocycles. The zero-order valence-electron chi connectivity index (χ0n) is 25.7. The Labute approximate surface area is 268 Å². The lowest BCUT2D eigenvalue weighted by molar-refractivity contribution is -0.276. The number of aliphatic hydroxyl groups is 6. The Morgan fingerprint density at radius 2 is 1.09 bits per heavy atom. The lowest BCUT2D eigenvalue weighted by atomic mass is 9.85. The van der Waals surface area contributed by atoms with E-state index >= 15 is 0 Å². The predicted molar refractivity (Wildman–Crippen MR) is 157 cm³/mol. The Morgan fingerprint density at radius 3 is 1.53 bits per heavy atom. The number of ether oxygens (including phenoxy) is 5. The van der Waals surface area contributed by atoms with Crippen LogP contribution in [0.15, 0.2) is 36.4 Å². The van der Waals surface area contributed by atoms with E-state index < -0.39 is 73.4 Å². The maximum Gasteiger partial charge on any atom is 0.335 e. The molecule has 4 rings (SSSR count). The maximum absolute atomic E-state index is 11.6. The van der Waals surface area contributed by atoms with Crippen LogP contribution in [0.1, 0.15) is 25.0 Å². The average molecular weight is 669 g/mol.